The van der Waals surface area contributed by atoms with Crippen LogP contribution in [-0.2, 0) is 4.79 Å². The van der Waals surface area contributed by atoms with E-state index >= 15 is 0 Å². The molecule has 1 aliphatic rings. The third kappa shape index (κ3) is 3.11. The van der Waals surface area contributed by atoms with Crippen LogP contribution in [-0.4, -0.2) is 33.3 Å². The Bertz CT molecular complexity index is 587. The van der Waals surface area contributed by atoms with Crippen molar-refractivity contribution in [3.63, 3.8) is 0 Å². The number of nitrogens with one attached hydrogen (secondary N) is 2. The molecule has 6 nitrogen and oxygen atoms in total. The molecule has 2 unspecified atom stereocenters. The molecule has 21 heavy (non-hydrogen) atoms. The Morgan fingerprint density at radius 1 is 1.43 bits per heavy atom. The summed E-state index contributed by atoms with van der Waals surface area (Å²) in [4.78, 5) is 16.0. The summed E-state index contributed by atoms with van der Waals surface area (Å²) < 4.78 is 1.70. The second kappa shape index (κ2) is 6.05. The van der Waals surface area contributed by atoms with Gasteiger partial charge in [-0.1, -0.05) is 12.1 Å². The van der Waals surface area contributed by atoms with Crippen LogP contribution >= 0.6 is 0 Å². The summed E-state index contributed by atoms with van der Waals surface area (Å²) in [5.41, 5.74) is 2.03. The van der Waals surface area contributed by atoms with E-state index in [0.717, 1.165) is 30.6 Å². The van der Waals surface area contributed by atoms with Crippen molar-refractivity contribution in [1.82, 2.24) is 25.4 Å². The maximum atomic E-state index is 12.1. The number of carbonyl (C=O) groups excluding carboxylic acids is 1. The highest BCUT2D eigenvalue weighted by Gasteiger charge is 2.23. The number of rotatable bonds is 4. The Kier molecular flexibility index (Phi) is 3.96. The standard InChI is InChI=1S/C15H19N5O/c1-11(19-15(21)14-3-2-8-17-14)12-4-6-13(7-5-12)20-10-16-9-18-20/h4-7,9-11,14,17H,2-3,8H2,1H3,(H,19,21). The van der Waals surface area contributed by atoms with Crippen molar-refractivity contribution >= 4 is 5.91 Å². The fourth-order valence-corrected chi connectivity index (χ4v) is 2.56. The summed E-state index contributed by atoms with van der Waals surface area (Å²) in [6.45, 7) is 2.93. The Morgan fingerprint density at radius 2 is 2.24 bits per heavy atom. The van der Waals surface area contributed by atoms with Gasteiger partial charge >= 0.3 is 0 Å². The molecular formula is C15H19N5O. The number of amides is 1. The topological polar surface area (TPSA) is 71.8 Å². The van der Waals surface area contributed by atoms with Gasteiger partial charge in [-0.15, -0.1) is 0 Å². The number of hydrogen-bond donors (Lipinski definition) is 2. The fraction of sp³-hybridized carbons (Fsp3) is 0.400. The summed E-state index contributed by atoms with van der Waals surface area (Å²) in [6.07, 6.45) is 5.15. The summed E-state index contributed by atoms with van der Waals surface area (Å²) in [5, 5.41) is 10.4. The summed E-state index contributed by atoms with van der Waals surface area (Å²) in [7, 11) is 0. The highest BCUT2D eigenvalue weighted by molar-refractivity contribution is 5.82. The molecule has 0 saturated carbocycles. The van der Waals surface area contributed by atoms with Crippen LogP contribution < -0.4 is 10.6 Å². The lowest BCUT2D eigenvalue weighted by atomic mass is 10.1. The van der Waals surface area contributed by atoms with Crippen LogP contribution in [0.2, 0.25) is 0 Å². The van der Waals surface area contributed by atoms with Crippen LogP contribution in [0.15, 0.2) is 36.9 Å². The van der Waals surface area contributed by atoms with Gasteiger partial charge in [-0.25, -0.2) is 9.67 Å². The molecule has 1 aromatic carbocycles. The van der Waals surface area contributed by atoms with Crippen molar-refractivity contribution < 1.29 is 4.79 Å². The van der Waals surface area contributed by atoms with Crippen LogP contribution in [0.3, 0.4) is 0 Å². The number of nitrogens with zero attached hydrogens (tertiary/aromatic N) is 3. The van der Waals surface area contributed by atoms with E-state index < -0.39 is 0 Å². The van der Waals surface area contributed by atoms with Crippen molar-refractivity contribution in [3.8, 4) is 5.69 Å². The Hall–Kier alpha value is -2.21. The highest BCUT2D eigenvalue weighted by atomic mass is 16.2. The quantitative estimate of drug-likeness (QED) is 0.885. The normalized spacial score (nSPS) is 19.4. The maximum absolute atomic E-state index is 12.1. The molecular weight excluding hydrogens is 266 g/mol. The van der Waals surface area contributed by atoms with Crippen LogP contribution in [0.4, 0.5) is 0 Å². The zero-order valence-electron chi connectivity index (χ0n) is 12.0. The van der Waals surface area contributed by atoms with Gasteiger partial charge < -0.3 is 10.6 Å². The minimum Gasteiger partial charge on any atom is -0.348 e. The number of benzene rings is 1. The van der Waals surface area contributed by atoms with E-state index in [9.17, 15) is 4.79 Å². The van der Waals surface area contributed by atoms with Gasteiger partial charge in [0.05, 0.1) is 17.8 Å². The molecule has 1 aliphatic heterocycles. The largest absolute Gasteiger partial charge is 0.348 e. The van der Waals surface area contributed by atoms with E-state index in [4.69, 9.17) is 0 Å². The number of hydrogen-bond acceptors (Lipinski definition) is 4. The Balaban J connectivity index is 1.64. The second-order valence-corrected chi connectivity index (χ2v) is 5.31. The molecule has 2 heterocycles. The average Bonchev–Trinajstić information content (AvgIpc) is 3.20. The minimum absolute atomic E-state index is 0.00954. The maximum Gasteiger partial charge on any atom is 0.237 e. The molecule has 0 aliphatic carbocycles. The molecule has 1 fully saturated rings. The van der Waals surface area contributed by atoms with Crippen molar-refractivity contribution in [3.05, 3.63) is 42.5 Å². The van der Waals surface area contributed by atoms with E-state index in [-0.39, 0.29) is 18.0 Å². The summed E-state index contributed by atoms with van der Waals surface area (Å²) in [6, 6.07) is 7.90. The van der Waals surface area contributed by atoms with Gasteiger partial charge in [0.1, 0.15) is 12.7 Å². The molecule has 6 heteroatoms. The van der Waals surface area contributed by atoms with Gasteiger partial charge in [0, 0.05) is 0 Å². The molecule has 2 aromatic rings. The van der Waals surface area contributed by atoms with Crippen molar-refractivity contribution in [1.29, 1.82) is 0 Å². The molecule has 110 valence electrons. The van der Waals surface area contributed by atoms with Gasteiger partial charge in [0.2, 0.25) is 5.91 Å². The van der Waals surface area contributed by atoms with E-state index in [1.54, 1.807) is 11.0 Å². The summed E-state index contributed by atoms with van der Waals surface area (Å²) >= 11 is 0. The van der Waals surface area contributed by atoms with Crippen LogP contribution in [0.5, 0.6) is 0 Å². The number of aromatic nitrogens is 3. The molecule has 1 aromatic heterocycles. The molecule has 1 saturated heterocycles. The molecule has 1 amide bonds. The first-order valence-corrected chi connectivity index (χ1v) is 7.23. The van der Waals surface area contributed by atoms with E-state index in [1.807, 2.05) is 31.2 Å². The van der Waals surface area contributed by atoms with Crippen molar-refractivity contribution in [2.75, 3.05) is 6.54 Å². The highest BCUT2D eigenvalue weighted by Crippen LogP contribution is 2.16. The zero-order chi connectivity index (χ0) is 14.7. The van der Waals surface area contributed by atoms with Crippen LogP contribution in [0.1, 0.15) is 31.4 Å². The predicted molar refractivity (Wildman–Crippen MR) is 78.9 cm³/mol. The average molecular weight is 285 g/mol. The molecule has 0 spiro atoms. The molecule has 0 radical (unpaired) electrons. The Morgan fingerprint density at radius 3 is 2.86 bits per heavy atom. The second-order valence-electron chi connectivity index (χ2n) is 5.31. The Labute approximate surface area is 123 Å². The summed E-state index contributed by atoms with van der Waals surface area (Å²) in [5.74, 6) is 0.0837. The first-order chi connectivity index (χ1) is 10.2. The van der Waals surface area contributed by atoms with Crippen LogP contribution in [0, 0.1) is 0 Å². The van der Waals surface area contributed by atoms with Crippen LogP contribution in [0.25, 0.3) is 5.69 Å². The van der Waals surface area contributed by atoms with Gasteiger partial charge in [-0.2, -0.15) is 5.10 Å². The fourth-order valence-electron chi connectivity index (χ4n) is 2.56. The first kappa shape index (κ1) is 13.8. The van der Waals surface area contributed by atoms with Crippen molar-refractivity contribution in [2.45, 2.75) is 31.8 Å². The SMILES string of the molecule is CC(NC(=O)C1CCCN1)c1ccc(-n2cncn2)cc1. The van der Waals surface area contributed by atoms with Gasteiger partial charge in [-0.3, -0.25) is 4.79 Å². The predicted octanol–water partition coefficient (Wildman–Crippen LogP) is 1.20. The monoisotopic (exact) mass is 285 g/mol. The first-order valence-electron chi connectivity index (χ1n) is 7.23. The zero-order valence-corrected chi connectivity index (χ0v) is 12.0. The van der Waals surface area contributed by atoms with E-state index in [0.29, 0.717) is 0 Å². The minimum atomic E-state index is -0.0399. The molecule has 0 bridgehead atoms. The van der Waals surface area contributed by atoms with Gasteiger partial charge in [0.15, 0.2) is 0 Å². The van der Waals surface area contributed by atoms with E-state index in [1.165, 1.54) is 6.33 Å². The van der Waals surface area contributed by atoms with Gasteiger partial charge in [0.25, 0.3) is 0 Å². The lowest BCUT2D eigenvalue weighted by molar-refractivity contribution is -0.123. The lowest BCUT2D eigenvalue weighted by Crippen LogP contribution is -2.41. The van der Waals surface area contributed by atoms with Crippen molar-refractivity contribution in [2.24, 2.45) is 0 Å². The van der Waals surface area contributed by atoms with Gasteiger partial charge in [-0.05, 0) is 44.0 Å². The number of carbonyl (C=O) groups is 1. The lowest BCUT2D eigenvalue weighted by Gasteiger charge is -2.18. The third-order valence-electron chi connectivity index (χ3n) is 3.81. The molecule has 3 rings (SSSR count). The molecule has 2 atom stereocenters. The third-order valence-corrected chi connectivity index (χ3v) is 3.81. The molecule has 2 N–H and O–H groups in total. The van der Waals surface area contributed by atoms with E-state index in [2.05, 4.69) is 20.7 Å². The smallest absolute Gasteiger partial charge is 0.237 e.